The van der Waals surface area contributed by atoms with Gasteiger partial charge in [-0.25, -0.2) is 9.78 Å². The molecule has 1 aliphatic rings. The number of nitro groups is 1. The molecule has 7 nitrogen and oxygen atoms in total. The zero-order chi connectivity index (χ0) is 14.0. The summed E-state index contributed by atoms with van der Waals surface area (Å²) >= 11 is 0. The highest BCUT2D eigenvalue weighted by molar-refractivity contribution is 5.93. The highest BCUT2D eigenvalue weighted by atomic mass is 16.6. The lowest BCUT2D eigenvalue weighted by Gasteiger charge is -2.13. The van der Waals surface area contributed by atoms with Gasteiger partial charge in [0.2, 0.25) is 0 Å². The molecule has 2 rings (SSSR count). The van der Waals surface area contributed by atoms with E-state index in [2.05, 4.69) is 17.2 Å². The van der Waals surface area contributed by atoms with Gasteiger partial charge in [0.05, 0.1) is 4.92 Å². The van der Waals surface area contributed by atoms with Crippen LogP contribution in [0.2, 0.25) is 0 Å². The SMILES string of the molecule is CC(CNc1ncc([N+](=O)[O-])cc1C(=O)O)C1CC1. The van der Waals surface area contributed by atoms with Crippen LogP contribution in [0.5, 0.6) is 0 Å². The fraction of sp³-hybridized carbons (Fsp3) is 0.500. The summed E-state index contributed by atoms with van der Waals surface area (Å²) in [5.41, 5.74) is -0.490. The van der Waals surface area contributed by atoms with Crippen molar-refractivity contribution in [2.24, 2.45) is 11.8 Å². The van der Waals surface area contributed by atoms with Gasteiger partial charge in [-0.1, -0.05) is 6.92 Å². The molecule has 1 fully saturated rings. The number of anilines is 1. The first-order valence-corrected chi connectivity index (χ1v) is 6.10. The molecule has 1 saturated carbocycles. The van der Waals surface area contributed by atoms with Crippen molar-refractivity contribution in [3.8, 4) is 0 Å². The second-order valence-electron chi connectivity index (χ2n) is 4.85. The molecule has 1 atom stereocenters. The van der Waals surface area contributed by atoms with Gasteiger partial charge >= 0.3 is 5.97 Å². The summed E-state index contributed by atoms with van der Waals surface area (Å²) in [6.07, 6.45) is 3.49. The van der Waals surface area contributed by atoms with E-state index < -0.39 is 10.9 Å². The van der Waals surface area contributed by atoms with Crippen molar-refractivity contribution in [1.29, 1.82) is 0 Å². The summed E-state index contributed by atoms with van der Waals surface area (Å²) in [6.45, 7) is 2.71. The van der Waals surface area contributed by atoms with Crippen molar-refractivity contribution in [2.45, 2.75) is 19.8 Å². The van der Waals surface area contributed by atoms with Gasteiger partial charge in [0.25, 0.3) is 5.69 Å². The minimum atomic E-state index is -1.22. The Balaban J connectivity index is 2.13. The molecule has 1 aromatic heterocycles. The van der Waals surface area contributed by atoms with Crippen LogP contribution in [0.3, 0.4) is 0 Å². The van der Waals surface area contributed by atoms with E-state index in [4.69, 9.17) is 5.11 Å². The molecule has 0 spiro atoms. The molecule has 1 aliphatic carbocycles. The lowest BCUT2D eigenvalue weighted by atomic mass is 10.1. The number of carboxylic acid groups (broad SMARTS) is 1. The number of rotatable bonds is 6. The Morgan fingerprint density at radius 3 is 2.89 bits per heavy atom. The third-order valence-corrected chi connectivity index (χ3v) is 3.33. The van der Waals surface area contributed by atoms with Crippen LogP contribution in [0.15, 0.2) is 12.3 Å². The highest BCUT2D eigenvalue weighted by Crippen LogP contribution is 2.36. The number of pyridine rings is 1. The first kappa shape index (κ1) is 13.3. The van der Waals surface area contributed by atoms with Crippen LogP contribution in [-0.2, 0) is 0 Å². The Morgan fingerprint density at radius 2 is 2.37 bits per heavy atom. The Hall–Kier alpha value is -2.18. The standard InChI is InChI=1S/C12H15N3O4/c1-7(8-2-3-8)5-13-11-10(12(16)17)4-9(6-14-11)15(18)19/h4,6-8H,2-3,5H2,1H3,(H,13,14)(H,16,17). The third-order valence-electron chi connectivity index (χ3n) is 3.33. The zero-order valence-electron chi connectivity index (χ0n) is 10.5. The molecule has 0 bridgehead atoms. The first-order chi connectivity index (χ1) is 8.99. The van der Waals surface area contributed by atoms with Crippen molar-refractivity contribution < 1.29 is 14.8 Å². The van der Waals surface area contributed by atoms with E-state index in [1.165, 1.54) is 12.8 Å². The Morgan fingerprint density at radius 1 is 1.68 bits per heavy atom. The first-order valence-electron chi connectivity index (χ1n) is 6.10. The van der Waals surface area contributed by atoms with E-state index in [0.29, 0.717) is 18.4 Å². The summed E-state index contributed by atoms with van der Waals surface area (Å²) in [5.74, 6) is 0.0980. The van der Waals surface area contributed by atoms with Crippen LogP contribution < -0.4 is 5.32 Å². The number of hydrogen-bond acceptors (Lipinski definition) is 5. The highest BCUT2D eigenvalue weighted by Gasteiger charge is 2.28. The normalized spacial score (nSPS) is 15.8. The topological polar surface area (TPSA) is 105 Å². The van der Waals surface area contributed by atoms with Crippen molar-refractivity contribution in [1.82, 2.24) is 4.98 Å². The van der Waals surface area contributed by atoms with Gasteiger partial charge in [-0.05, 0) is 24.7 Å². The molecule has 19 heavy (non-hydrogen) atoms. The summed E-state index contributed by atoms with van der Waals surface area (Å²) in [7, 11) is 0. The number of carboxylic acids is 1. The second kappa shape index (κ2) is 5.21. The largest absolute Gasteiger partial charge is 0.478 e. The van der Waals surface area contributed by atoms with E-state index in [9.17, 15) is 14.9 Å². The molecular weight excluding hydrogens is 250 g/mol. The predicted octanol–water partition coefficient (Wildman–Crippen LogP) is 2.15. The molecule has 102 valence electrons. The maximum atomic E-state index is 11.1. The summed E-state index contributed by atoms with van der Waals surface area (Å²) in [5, 5.41) is 22.6. The van der Waals surface area contributed by atoms with Crippen molar-refractivity contribution >= 4 is 17.5 Å². The van der Waals surface area contributed by atoms with Crippen LogP contribution in [0.4, 0.5) is 11.5 Å². The van der Waals surface area contributed by atoms with Gasteiger partial charge in [-0.2, -0.15) is 0 Å². The molecule has 0 radical (unpaired) electrons. The number of nitrogens with one attached hydrogen (secondary N) is 1. The Kier molecular flexibility index (Phi) is 3.64. The van der Waals surface area contributed by atoms with Crippen LogP contribution in [0.25, 0.3) is 0 Å². The Labute approximate surface area is 109 Å². The maximum Gasteiger partial charge on any atom is 0.339 e. The molecule has 0 aromatic carbocycles. The summed E-state index contributed by atoms with van der Waals surface area (Å²) < 4.78 is 0. The van der Waals surface area contributed by atoms with E-state index in [-0.39, 0.29) is 17.1 Å². The van der Waals surface area contributed by atoms with E-state index in [1.54, 1.807) is 0 Å². The molecule has 0 aliphatic heterocycles. The fourth-order valence-electron chi connectivity index (χ4n) is 1.95. The van der Waals surface area contributed by atoms with Gasteiger partial charge in [-0.3, -0.25) is 10.1 Å². The number of nitrogens with zero attached hydrogens (tertiary/aromatic N) is 2. The lowest BCUT2D eigenvalue weighted by molar-refractivity contribution is -0.385. The smallest absolute Gasteiger partial charge is 0.339 e. The molecule has 0 amide bonds. The van der Waals surface area contributed by atoms with Gasteiger partial charge in [0.15, 0.2) is 0 Å². The van der Waals surface area contributed by atoms with Gasteiger partial charge < -0.3 is 10.4 Å². The average molecular weight is 265 g/mol. The molecule has 1 aromatic rings. The average Bonchev–Trinajstić information content (AvgIpc) is 3.19. The molecule has 1 heterocycles. The van der Waals surface area contributed by atoms with E-state index in [0.717, 1.165) is 12.3 Å². The van der Waals surface area contributed by atoms with Crippen molar-refractivity contribution in [3.63, 3.8) is 0 Å². The van der Waals surface area contributed by atoms with Crippen LogP contribution in [0.1, 0.15) is 30.1 Å². The Bertz CT molecular complexity index is 514. The maximum absolute atomic E-state index is 11.1. The third kappa shape index (κ3) is 3.18. The predicted molar refractivity (Wildman–Crippen MR) is 68.2 cm³/mol. The second-order valence-corrected chi connectivity index (χ2v) is 4.85. The van der Waals surface area contributed by atoms with Gasteiger partial charge in [0.1, 0.15) is 17.6 Å². The zero-order valence-corrected chi connectivity index (χ0v) is 10.5. The number of carbonyl (C=O) groups is 1. The quantitative estimate of drug-likeness (QED) is 0.603. The van der Waals surface area contributed by atoms with E-state index >= 15 is 0 Å². The van der Waals surface area contributed by atoms with Gasteiger partial charge in [-0.15, -0.1) is 0 Å². The number of hydrogen-bond donors (Lipinski definition) is 2. The van der Waals surface area contributed by atoms with Gasteiger partial charge in [0, 0.05) is 12.6 Å². The molecule has 1 unspecified atom stereocenters. The number of aromatic carboxylic acids is 1. The number of aromatic nitrogens is 1. The van der Waals surface area contributed by atoms with Crippen molar-refractivity contribution in [2.75, 3.05) is 11.9 Å². The van der Waals surface area contributed by atoms with Crippen molar-refractivity contribution in [3.05, 3.63) is 27.9 Å². The minimum Gasteiger partial charge on any atom is -0.478 e. The summed E-state index contributed by atoms with van der Waals surface area (Å²) in [6, 6.07) is 1.03. The van der Waals surface area contributed by atoms with Crippen LogP contribution in [-0.4, -0.2) is 27.5 Å². The monoisotopic (exact) mass is 265 g/mol. The minimum absolute atomic E-state index is 0.169. The molecule has 7 heteroatoms. The molecule has 0 saturated heterocycles. The van der Waals surface area contributed by atoms with Crippen LogP contribution >= 0.6 is 0 Å². The molecule has 2 N–H and O–H groups in total. The van der Waals surface area contributed by atoms with Crippen LogP contribution in [0, 0.1) is 22.0 Å². The fourth-order valence-corrected chi connectivity index (χ4v) is 1.95. The van der Waals surface area contributed by atoms with E-state index in [1.807, 2.05) is 0 Å². The summed E-state index contributed by atoms with van der Waals surface area (Å²) in [4.78, 5) is 24.9. The lowest BCUT2D eigenvalue weighted by Crippen LogP contribution is -2.16. The molecular formula is C12H15N3O4.